The molecule has 2 aromatic heterocycles. The van der Waals surface area contributed by atoms with Crippen molar-refractivity contribution in [3.63, 3.8) is 0 Å². The zero-order chi connectivity index (χ0) is 20.8. The molecule has 0 aliphatic heterocycles. The molecule has 0 spiro atoms. The Morgan fingerprint density at radius 2 is 2.14 bits per heavy atom. The largest absolute Gasteiger partial charge is 0.507 e. The summed E-state index contributed by atoms with van der Waals surface area (Å²) in [6.45, 7) is 1.98. The Hall–Kier alpha value is -2.91. The van der Waals surface area contributed by atoms with Crippen molar-refractivity contribution >= 4 is 34.8 Å². The predicted octanol–water partition coefficient (Wildman–Crippen LogP) is 3.75. The van der Waals surface area contributed by atoms with Crippen LogP contribution in [-0.4, -0.2) is 45.2 Å². The molecule has 0 saturated heterocycles. The van der Waals surface area contributed by atoms with Crippen LogP contribution in [0.5, 0.6) is 5.75 Å². The van der Waals surface area contributed by atoms with Crippen LogP contribution in [0.1, 0.15) is 29.6 Å². The van der Waals surface area contributed by atoms with Gasteiger partial charge in [-0.15, -0.1) is 21.5 Å². The minimum Gasteiger partial charge on any atom is -0.507 e. The van der Waals surface area contributed by atoms with Crippen LogP contribution < -0.4 is 0 Å². The molecule has 8 nitrogen and oxygen atoms in total. The first-order chi connectivity index (χ1) is 14.0. The molecule has 3 aromatic rings. The van der Waals surface area contributed by atoms with Gasteiger partial charge in [0.1, 0.15) is 11.3 Å². The Kier molecular flexibility index (Phi) is 6.84. The van der Waals surface area contributed by atoms with Crippen molar-refractivity contribution in [2.45, 2.75) is 19.9 Å². The molecule has 0 atom stereocenters. The van der Waals surface area contributed by atoms with Gasteiger partial charge in [0.2, 0.25) is 5.89 Å². The third-order valence-corrected chi connectivity index (χ3v) is 4.97. The summed E-state index contributed by atoms with van der Waals surface area (Å²) < 4.78 is 10.7. The SMILES string of the molecule is CCCN(Cc1nnc(-c2cccs2)o1)C(=O)COC(=O)c1ccc(Cl)cc1O. The van der Waals surface area contributed by atoms with Crippen LogP contribution in [0.25, 0.3) is 10.8 Å². The number of benzene rings is 1. The zero-order valence-corrected chi connectivity index (χ0v) is 17.1. The lowest BCUT2D eigenvalue weighted by molar-refractivity contribution is -0.135. The number of phenols is 1. The number of phenolic OH excluding ortho intramolecular Hbond substituents is 1. The quantitative estimate of drug-likeness (QED) is 0.537. The molecule has 152 valence electrons. The van der Waals surface area contributed by atoms with Crippen LogP contribution >= 0.6 is 22.9 Å². The zero-order valence-electron chi connectivity index (χ0n) is 15.5. The molecule has 10 heteroatoms. The molecule has 0 bridgehead atoms. The van der Waals surface area contributed by atoms with Gasteiger partial charge in [0.05, 0.1) is 11.4 Å². The average Bonchev–Trinajstić information content (AvgIpc) is 3.37. The molecule has 0 saturated carbocycles. The Morgan fingerprint density at radius 3 is 2.83 bits per heavy atom. The van der Waals surface area contributed by atoms with E-state index in [2.05, 4.69) is 10.2 Å². The van der Waals surface area contributed by atoms with Crippen molar-refractivity contribution in [1.29, 1.82) is 0 Å². The summed E-state index contributed by atoms with van der Waals surface area (Å²) in [6.07, 6.45) is 0.698. The first-order valence-corrected chi connectivity index (χ1v) is 10.0. The minimum absolute atomic E-state index is 0.0678. The maximum atomic E-state index is 12.5. The van der Waals surface area contributed by atoms with E-state index in [1.807, 2.05) is 24.4 Å². The van der Waals surface area contributed by atoms with Gasteiger partial charge in [0, 0.05) is 11.6 Å². The second-order valence-corrected chi connectivity index (χ2v) is 7.42. The molecule has 0 radical (unpaired) electrons. The fourth-order valence-corrected chi connectivity index (χ4v) is 3.33. The topological polar surface area (TPSA) is 106 Å². The van der Waals surface area contributed by atoms with E-state index in [9.17, 15) is 14.7 Å². The van der Waals surface area contributed by atoms with Crippen LogP contribution in [0, 0.1) is 0 Å². The third-order valence-electron chi connectivity index (χ3n) is 3.88. The summed E-state index contributed by atoms with van der Waals surface area (Å²) in [5.41, 5.74) is -0.0678. The summed E-state index contributed by atoms with van der Waals surface area (Å²) in [7, 11) is 0. The fraction of sp³-hybridized carbons (Fsp3) is 0.263. The molecule has 0 aliphatic rings. The van der Waals surface area contributed by atoms with E-state index in [4.69, 9.17) is 20.8 Å². The van der Waals surface area contributed by atoms with Crippen LogP contribution in [0.15, 0.2) is 40.1 Å². The number of thiophene rings is 1. The standard InChI is InChI=1S/C19H18ClN3O5S/c1-2-7-23(10-16-21-22-18(28-16)15-4-3-8-29-15)17(25)11-27-19(26)13-6-5-12(20)9-14(13)24/h3-6,8-9,24H,2,7,10-11H2,1H3. The van der Waals surface area contributed by atoms with E-state index in [1.165, 1.54) is 34.4 Å². The minimum atomic E-state index is -0.818. The molecule has 1 N–H and O–H groups in total. The Morgan fingerprint density at radius 1 is 1.31 bits per heavy atom. The lowest BCUT2D eigenvalue weighted by atomic mass is 10.2. The number of esters is 1. The highest BCUT2D eigenvalue weighted by molar-refractivity contribution is 7.13. The number of aromatic hydroxyl groups is 1. The van der Waals surface area contributed by atoms with E-state index in [-0.39, 0.29) is 28.8 Å². The fourth-order valence-electron chi connectivity index (χ4n) is 2.52. The lowest BCUT2D eigenvalue weighted by Crippen LogP contribution is -2.35. The van der Waals surface area contributed by atoms with Crippen LogP contribution in [-0.2, 0) is 16.1 Å². The summed E-state index contributed by atoms with van der Waals surface area (Å²) in [6, 6.07) is 7.75. The molecule has 29 heavy (non-hydrogen) atoms. The highest BCUT2D eigenvalue weighted by atomic mass is 35.5. The number of aromatic nitrogens is 2. The van der Waals surface area contributed by atoms with Gasteiger partial charge in [-0.1, -0.05) is 24.6 Å². The Balaban J connectivity index is 1.61. The summed E-state index contributed by atoms with van der Waals surface area (Å²) >= 11 is 7.22. The Labute approximate surface area is 175 Å². The van der Waals surface area contributed by atoms with E-state index >= 15 is 0 Å². The third kappa shape index (κ3) is 5.33. The molecule has 1 aromatic carbocycles. The maximum absolute atomic E-state index is 12.5. The van der Waals surface area contributed by atoms with E-state index in [0.29, 0.717) is 18.9 Å². The van der Waals surface area contributed by atoms with Gasteiger partial charge in [-0.2, -0.15) is 0 Å². The molecule has 3 rings (SSSR count). The number of rotatable bonds is 8. The maximum Gasteiger partial charge on any atom is 0.342 e. The van der Waals surface area contributed by atoms with Crippen molar-refractivity contribution in [3.8, 4) is 16.5 Å². The number of amides is 1. The van der Waals surface area contributed by atoms with Gasteiger partial charge in [0.25, 0.3) is 11.8 Å². The van der Waals surface area contributed by atoms with Crippen LogP contribution in [0.4, 0.5) is 0 Å². The first-order valence-electron chi connectivity index (χ1n) is 8.77. The van der Waals surface area contributed by atoms with Crippen molar-refractivity contribution in [2.75, 3.05) is 13.2 Å². The highest BCUT2D eigenvalue weighted by Crippen LogP contribution is 2.24. The molecule has 0 unspecified atom stereocenters. The van der Waals surface area contributed by atoms with Crippen molar-refractivity contribution in [2.24, 2.45) is 0 Å². The van der Waals surface area contributed by atoms with Crippen molar-refractivity contribution < 1.29 is 23.8 Å². The van der Waals surface area contributed by atoms with Gasteiger partial charge in [-0.25, -0.2) is 4.79 Å². The predicted molar refractivity (Wildman–Crippen MR) is 107 cm³/mol. The van der Waals surface area contributed by atoms with Crippen LogP contribution in [0.2, 0.25) is 5.02 Å². The van der Waals surface area contributed by atoms with E-state index in [0.717, 1.165) is 4.88 Å². The molecule has 0 fully saturated rings. The van der Waals surface area contributed by atoms with Gasteiger partial charge in [-0.05, 0) is 36.1 Å². The second-order valence-electron chi connectivity index (χ2n) is 6.03. The lowest BCUT2D eigenvalue weighted by Gasteiger charge is -2.20. The molecular weight excluding hydrogens is 418 g/mol. The van der Waals surface area contributed by atoms with Gasteiger partial charge in [0.15, 0.2) is 6.61 Å². The van der Waals surface area contributed by atoms with Crippen molar-refractivity contribution in [3.05, 3.63) is 52.2 Å². The number of carbonyl (C=O) groups is 2. The number of hydrogen-bond donors (Lipinski definition) is 1. The van der Waals surface area contributed by atoms with E-state index < -0.39 is 18.5 Å². The monoisotopic (exact) mass is 435 g/mol. The summed E-state index contributed by atoms with van der Waals surface area (Å²) in [5.74, 6) is -0.862. The summed E-state index contributed by atoms with van der Waals surface area (Å²) in [5, 5.41) is 19.9. The Bertz CT molecular complexity index is 990. The molecule has 2 heterocycles. The smallest absolute Gasteiger partial charge is 0.342 e. The number of hydrogen-bond acceptors (Lipinski definition) is 8. The summed E-state index contributed by atoms with van der Waals surface area (Å²) in [4.78, 5) is 27.0. The number of halogens is 1. The highest BCUT2D eigenvalue weighted by Gasteiger charge is 2.20. The number of ether oxygens (including phenoxy) is 1. The average molecular weight is 436 g/mol. The number of carbonyl (C=O) groups excluding carboxylic acids is 2. The van der Waals surface area contributed by atoms with Gasteiger partial charge >= 0.3 is 5.97 Å². The first kappa shape index (κ1) is 20.8. The second kappa shape index (κ2) is 9.53. The normalized spacial score (nSPS) is 10.7. The molecular formula is C19H18ClN3O5S. The van der Waals surface area contributed by atoms with Crippen molar-refractivity contribution in [1.82, 2.24) is 15.1 Å². The molecule has 0 aliphatic carbocycles. The van der Waals surface area contributed by atoms with Gasteiger partial charge < -0.3 is 19.2 Å². The van der Waals surface area contributed by atoms with Crippen LogP contribution in [0.3, 0.4) is 0 Å². The molecule has 1 amide bonds. The van der Waals surface area contributed by atoms with Gasteiger partial charge in [-0.3, -0.25) is 4.79 Å². The van der Waals surface area contributed by atoms with E-state index in [1.54, 1.807) is 0 Å². The number of nitrogens with zero attached hydrogens (tertiary/aromatic N) is 3.